The monoisotopic (exact) mass is 862 g/mol. The molecular formula is C60H39BN2O4. The van der Waals surface area contributed by atoms with Crippen LogP contribution in [0.1, 0.15) is 0 Å². The van der Waals surface area contributed by atoms with E-state index in [2.05, 4.69) is 167 Å². The zero-order valence-corrected chi connectivity index (χ0v) is 36.1. The van der Waals surface area contributed by atoms with Crippen molar-refractivity contribution in [3.63, 3.8) is 0 Å². The molecule has 0 N–H and O–H groups in total. The van der Waals surface area contributed by atoms with Gasteiger partial charge in [-0.05, 0) is 71.6 Å². The molecular weight excluding hydrogens is 823 g/mol. The number of aromatic nitrogens is 2. The van der Waals surface area contributed by atoms with Gasteiger partial charge in [-0.3, -0.25) is 0 Å². The van der Waals surface area contributed by atoms with Crippen molar-refractivity contribution >= 4 is 66.7 Å². The highest BCUT2D eigenvalue weighted by Gasteiger charge is 2.40. The number of hydrogen-bond acceptors (Lipinski definition) is 4. The lowest BCUT2D eigenvalue weighted by Gasteiger charge is -2.33. The fourth-order valence-corrected chi connectivity index (χ4v) is 9.96. The number of benzene rings is 10. The van der Waals surface area contributed by atoms with E-state index < -0.39 is 0 Å². The van der Waals surface area contributed by atoms with Gasteiger partial charge in [0.1, 0.15) is 46.0 Å². The third-order valence-corrected chi connectivity index (χ3v) is 12.8. The third kappa shape index (κ3) is 6.67. The van der Waals surface area contributed by atoms with Crippen LogP contribution in [0.25, 0.3) is 55.0 Å². The highest BCUT2D eigenvalue weighted by molar-refractivity contribution is 6.98. The second-order valence-corrected chi connectivity index (χ2v) is 16.8. The van der Waals surface area contributed by atoms with Gasteiger partial charge in [0.2, 0.25) is 0 Å². The molecule has 0 spiro atoms. The molecule has 0 aliphatic carbocycles. The Balaban J connectivity index is 0.000000133. The maximum Gasteiger partial charge on any atom is 0.260 e. The van der Waals surface area contributed by atoms with Crippen LogP contribution >= 0.6 is 0 Å². The highest BCUT2D eigenvalue weighted by Crippen LogP contribution is 2.40. The Labute approximate surface area is 387 Å². The average molecular weight is 863 g/mol. The Morgan fingerprint density at radius 3 is 1.06 bits per heavy atom. The summed E-state index contributed by atoms with van der Waals surface area (Å²) in [5, 5.41) is 4.90. The van der Waals surface area contributed by atoms with Crippen molar-refractivity contribution in [1.82, 2.24) is 9.13 Å². The van der Waals surface area contributed by atoms with Crippen LogP contribution in [-0.4, -0.2) is 15.8 Å². The van der Waals surface area contributed by atoms with E-state index in [-0.39, 0.29) is 6.71 Å². The lowest BCUT2D eigenvalue weighted by Crippen LogP contribution is -2.57. The van der Waals surface area contributed by atoms with Gasteiger partial charge in [-0.1, -0.05) is 146 Å². The maximum atomic E-state index is 6.51. The molecule has 0 amide bonds. The number of nitrogens with zero attached hydrogens (tertiary/aromatic N) is 2. The smallest absolute Gasteiger partial charge is 0.260 e. The Morgan fingerprint density at radius 1 is 0.299 bits per heavy atom. The van der Waals surface area contributed by atoms with Crippen LogP contribution in [0.2, 0.25) is 0 Å². The molecule has 7 heteroatoms. The molecule has 10 aromatic carbocycles. The van der Waals surface area contributed by atoms with Crippen LogP contribution in [0.4, 0.5) is 0 Å². The molecule has 14 rings (SSSR count). The topological polar surface area (TPSA) is 46.8 Å². The van der Waals surface area contributed by atoms with Crippen molar-refractivity contribution in [2.45, 2.75) is 0 Å². The molecule has 0 saturated carbocycles. The SMILES string of the molecule is c1ccc(Oc2cc(Oc3ccccc3)cc(-n3c4ccccc4c4ccccc43)c2)cc1.c1ccc2c(c1)Oc1cc(-n3c4ccccc4c4ccccc43)cc3c1B2c1ccccc1O3. The van der Waals surface area contributed by atoms with Gasteiger partial charge in [0.05, 0.1) is 33.4 Å². The molecule has 0 fully saturated rings. The number of ether oxygens (including phenoxy) is 4. The molecule has 0 atom stereocenters. The van der Waals surface area contributed by atoms with Gasteiger partial charge in [-0.25, -0.2) is 0 Å². The van der Waals surface area contributed by atoms with Crippen LogP contribution in [0, 0.1) is 0 Å². The second-order valence-electron chi connectivity index (χ2n) is 16.8. The quantitative estimate of drug-likeness (QED) is 0.156. The van der Waals surface area contributed by atoms with Crippen molar-refractivity contribution in [2.75, 3.05) is 0 Å². The molecule has 2 aromatic heterocycles. The molecule has 0 bridgehead atoms. The van der Waals surface area contributed by atoms with E-state index in [4.69, 9.17) is 18.9 Å². The van der Waals surface area contributed by atoms with Crippen LogP contribution < -0.4 is 35.3 Å². The molecule has 4 heterocycles. The van der Waals surface area contributed by atoms with Gasteiger partial charge in [0.25, 0.3) is 6.71 Å². The van der Waals surface area contributed by atoms with Crippen molar-refractivity contribution in [3.05, 3.63) is 237 Å². The van der Waals surface area contributed by atoms with Gasteiger partial charge in [0, 0.05) is 57.3 Å². The van der Waals surface area contributed by atoms with Crippen molar-refractivity contribution < 1.29 is 18.9 Å². The number of para-hydroxylation sites is 8. The first-order valence-corrected chi connectivity index (χ1v) is 22.5. The molecule has 67 heavy (non-hydrogen) atoms. The minimum atomic E-state index is 0.0899. The fraction of sp³-hybridized carbons (Fsp3) is 0. The van der Waals surface area contributed by atoms with Crippen molar-refractivity contribution in [2.24, 2.45) is 0 Å². The summed E-state index contributed by atoms with van der Waals surface area (Å²) in [5.74, 6) is 6.51. The summed E-state index contributed by atoms with van der Waals surface area (Å²) >= 11 is 0. The number of hydrogen-bond donors (Lipinski definition) is 0. The molecule has 0 radical (unpaired) electrons. The summed E-state index contributed by atoms with van der Waals surface area (Å²) in [6.45, 7) is 0.0899. The Kier molecular flexibility index (Phi) is 9.17. The van der Waals surface area contributed by atoms with Crippen molar-refractivity contribution in [3.8, 4) is 57.4 Å². The average Bonchev–Trinajstić information content (AvgIpc) is 3.90. The van der Waals surface area contributed by atoms with E-state index in [9.17, 15) is 0 Å². The molecule has 0 unspecified atom stereocenters. The summed E-state index contributed by atoms with van der Waals surface area (Å²) in [6.07, 6.45) is 0. The first-order valence-electron chi connectivity index (χ1n) is 22.5. The van der Waals surface area contributed by atoms with Crippen LogP contribution in [0.3, 0.4) is 0 Å². The lowest BCUT2D eigenvalue weighted by molar-refractivity contribution is 0.460. The van der Waals surface area contributed by atoms with Gasteiger partial charge in [0.15, 0.2) is 0 Å². The third-order valence-electron chi connectivity index (χ3n) is 12.8. The lowest BCUT2D eigenvalue weighted by atomic mass is 9.35. The zero-order chi connectivity index (χ0) is 44.3. The minimum Gasteiger partial charge on any atom is -0.458 e. The predicted octanol–water partition coefficient (Wildman–Crippen LogP) is 13.9. The zero-order valence-electron chi connectivity index (χ0n) is 36.1. The van der Waals surface area contributed by atoms with Gasteiger partial charge >= 0.3 is 0 Å². The number of rotatable bonds is 6. The van der Waals surface area contributed by atoms with Gasteiger partial charge < -0.3 is 28.1 Å². The van der Waals surface area contributed by atoms with E-state index in [1.54, 1.807) is 0 Å². The maximum absolute atomic E-state index is 6.51. The van der Waals surface area contributed by atoms with Crippen LogP contribution in [-0.2, 0) is 0 Å². The fourth-order valence-electron chi connectivity index (χ4n) is 9.96. The molecule has 12 aromatic rings. The normalized spacial score (nSPS) is 12.1. The Morgan fingerprint density at radius 2 is 0.642 bits per heavy atom. The second kappa shape index (κ2) is 15.9. The molecule has 2 aliphatic rings. The number of fused-ring (bicyclic) bond motifs is 10. The van der Waals surface area contributed by atoms with E-state index >= 15 is 0 Å². The summed E-state index contributed by atoms with van der Waals surface area (Å²) in [4.78, 5) is 0. The van der Waals surface area contributed by atoms with E-state index in [1.165, 1.54) is 43.5 Å². The van der Waals surface area contributed by atoms with Crippen LogP contribution in [0.5, 0.6) is 46.0 Å². The Hall–Kier alpha value is -8.94. The van der Waals surface area contributed by atoms with Crippen LogP contribution in [0.15, 0.2) is 237 Å². The summed E-state index contributed by atoms with van der Waals surface area (Å²) in [7, 11) is 0. The molecule has 316 valence electrons. The molecule has 6 nitrogen and oxygen atoms in total. The van der Waals surface area contributed by atoms with Gasteiger partial charge in [-0.15, -0.1) is 0 Å². The molecule has 2 aliphatic heterocycles. The van der Waals surface area contributed by atoms with Crippen molar-refractivity contribution in [1.29, 1.82) is 0 Å². The minimum absolute atomic E-state index is 0.0899. The summed E-state index contributed by atoms with van der Waals surface area (Å²) < 4.78 is 30.0. The first kappa shape index (κ1) is 38.5. The summed E-state index contributed by atoms with van der Waals surface area (Å²) in [6, 6.07) is 80.7. The predicted molar refractivity (Wildman–Crippen MR) is 272 cm³/mol. The van der Waals surface area contributed by atoms with E-state index in [1.807, 2.05) is 78.9 Å². The standard InChI is InChI=1S/C30H18BNO2.C30H21NO2/c1-5-13-24-20(9-1)21-10-2-6-14-25(21)32(24)19-17-28-30-29(18-19)34-27-16-8-4-12-23(27)31(30)22-11-3-7-15-26(22)33-28;1-3-11-23(12-4-1)32-25-19-22(20-26(21-25)33-24-13-5-2-6-14-24)31-29-17-9-7-15-27(29)28-16-8-10-18-30(28)31/h1-18H;1-21H. The highest BCUT2D eigenvalue weighted by atomic mass is 16.5. The van der Waals surface area contributed by atoms with E-state index in [0.29, 0.717) is 11.5 Å². The largest absolute Gasteiger partial charge is 0.458 e. The van der Waals surface area contributed by atoms with E-state index in [0.717, 1.165) is 62.4 Å². The molecule has 0 saturated heterocycles. The Bertz CT molecular complexity index is 3610. The summed E-state index contributed by atoms with van der Waals surface area (Å²) in [5.41, 5.74) is 10.1. The first-order chi connectivity index (χ1) is 33.2. The van der Waals surface area contributed by atoms with Gasteiger partial charge in [-0.2, -0.15) is 0 Å².